The van der Waals surface area contributed by atoms with Crippen LogP contribution in [-0.4, -0.2) is 62.4 Å². The van der Waals surface area contributed by atoms with Crippen molar-refractivity contribution < 1.29 is 9.32 Å². The summed E-state index contributed by atoms with van der Waals surface area (Å²) in [5, 5.41) is 15.8. The lowest BCUT2D eigenvalue weighted by molar-refractivity contribution is 0.0735. The highest BCUT2D eigenvalue weighted by molar-refractivity contribution is 5.92. The molecule has 0 aliphatic carbocycles. The number of amides is 1. The third kappa shape index (κ3) is 2.95. The Kier molecular flexibility index (Phi) is 3.88. The molecular weight excluding hydrogens is 322 g/mol. The minimum atomic E-state index is -0.112. The van der Waals surface area contributed by atoms with Crippen LogP contribution < -0.4 is 4.90 Å². The van der Waals surface area contributed by atoms with Gasteiger partial charge in [-0.05, 0) is 29.5 Å². The van der Waals surface area contributed by atoms with Gasteiger partial charge in [-0.1, -0.05) is 28.5 Å². The zero-order chi connectivity index (χ0) is 17.2. The Labute approximate surface area is 143 Å². The van der Waals surface area contributed by atoms with Gasteiger partial charge in [0.15, 0.2) is 5.69 Å². The monoisotopic (exact) mass is 339 g/mol. The van der Waals surface area contributed by atoms with Gasteiger partial charge in [-0.3, -0.25) is 4.79 Å². The quantitative estimate of drug-likeness (QED) is 0.700. The molecule has 9 nitrogen and oxygen atoms in total. The minimum Gasteiger partial charge on any atom is -0.361 e. The first kappa shape index (κ1) is 15.3. The number of tetrazole rings is 1. The lowest BCUT2D eigenvalue weighted by Crippen LogP contribution is -2.49. The second-order valence-corrected chi connectivity index (χ2v) is 5.83. The molecule has 0 N–H and O–H groups in total. The molecule has 9 heteroatoms. The Morgan fingerprint density at radius 2 is 1.88 bits per heavy atom. The molecule has 1 saturated heterocycles. The fourth-order valence-corrected chi connectivity index (χ4v) is 2.85. The first-order valence-corrected chi connectivity index (χ1v) is 8.04. The number of rotatable bonds is 3. The van der Waals surface area contributed by atoms with Crippen LogP contribution in [0, 0.1) is 6.92 Å². The van der Waals surface area contributed by atoms with E-state index < -0.39 is 0 Å². The highest BCUT2D eigenvalue weighted by Gasteiger charge is 2.26. The summed E-state index contributed by atoms with van der Waals surface area (Å²) >= 11 is 0. The van der Waals surface area contributed by atoms with E-state index in [-0.39, 0.29) is 5.91 Å². The van der Waals surface area contributed by atoms with Crippen molar-refractivity contribution in [1.29, 1.82) is 0 Å². The van der Waals surface area contributed by atoms with Gasteiger partial charge in [0.25, 0.3) is 5.91 Å². The van der Waals surface area contributed by atoms with E-state index in [4.69, 9.17) is 4.52 Å². The normalized spacial score (nSPS) is 14.8. The van der Waals surface area contributed by atoms with Gasteiger partial charge in [-0.15, -0.1) is 0 Å². The molecule has 2 aromatic heterocycles. The Morgan fingerprint density at radius 1 is 1.12 bits per heavy atom. The second kappa shape index (κ2) is 6.34. The average molecular weight is 339 g/mol. The lowest BCUT2D eigenvalue weighted by Gasteiger charge is -2.34. The third-order valence-corrected chi connectivity index (χ3v) is 4.15. The van der Waals surface area contributed by atoms with E-state index in [1.165, 1.54) is 0 Å². The van der Waals surface area contributed by atoms with Crippen molar-refractivity contribution in [2.75, 3.05) is 31.1 Å². The Morgan fingerprint density at radius 3 is 2.56 bits per heavy atom. The smallest absolute Gasteiger partial charge is 0.276 e. The van der Waals surface area contributed by atoms with Crippen molar-refractivity contribution in [3.8, 4) is 5.69 Å². The number of hydrogen-bond acceptors (Lipinski definition) is 7. The molecule has 0 radical (unpaired) electrons. The number of aromatic nitrogens is 5. The van der Waals surface area contributed by atoms with Crippen LogP contribution in [0.3, 0.4) is 0 Å². The largest absolute Gasteiger partial charge is 0.361 e. The second-order valence-electron chi connectivity index (χ2n) is 5.83. The summed E-state index contributed by atoms with van der Waals surface area (Å²) < 4.78 is 6.69. The number of carbonyl (C=O) groups is 1. The van der Waals surface area contributed by atoms with Crippen molar-refractivity contribution in [3.05, 3.63) is 47.9 Å². The van der Waals surface area contributed by atoms with Gasteiger partial charge < -0.3 is 14.3 Å². The molecule has 3 heterocycles. The van der Waals surface area contributed by atoms with Crippen LogP contribution in [0.1, 0.15) is 16.2 Å². The number of piperazine rings is 1. The number of anilines is 1. The summed E-state index contributed by atoms with van der Waals surface area (Å²) in [7, 11) is 0. The van der Waals surface area contributed by atoms with Crippen molar-refractivity contribution in [1.82, 2.24) is 30.3 Å². The van der Waals surface area contributed by atoms with Crippen LogP contribution in [0.15, 0.2) is 40.9 Å². The van der Waals surface area contributed by atoms with Crippen LogP contribution in [-0.2, 0) is 0 Å². The zero-order valence-corrected chi connectivity index (χ0v) is 13.7. The number of benzene rings is 1. The van der Waals surface area contributed by atoms with Gasteiger partial charge in [-0.25, -0.2) is 0 Å². The first-order chi connectivity index (χ1) is 12.2. The van der Waals surface area contributed by atoms with Gasteiger partial charge in [-0.2, -0.15) is 4.68 Å². The molecule has 1 aromatic carbocycles. The van der Waals surface area contributed by atoms with Crippen LogP contribution in [0.25, 0.3) is 5.69 Å². The SMILES string of the molecule is Cc1cc(C(=O)N2CCN(c3nnnn3-c3ccccc3)CC2)no1. The van der Waals surface area contributed by atoms with Crippen LogP contribution in [0.2, 0.25) is 0 Å². The summed E-state index contributed by atoms with van der Waals surface area (Å²) in [6.45, 7) is 4.22. The fraction of sp³-hybridized carbons (Fsp3) is 0.312. The highest BCUT2D eigenvalue weighted by atomic mass is 16.5. The van der Waals surface area contributed by atoms with Gasteiger partial charge in [0.05, 0.1) is 5.69 Å². The van der Waals surface area contributed by atoms with E-state index >= 15 is 0 Å². The van der Waals surface area contributed by atoms with Gasteiger partial charge in [0, 0.05) is 32.2 Å². The molecule has 25 heavy (non-hydrogen) atoms. The van der Waals surface area contributed by atoms with E-state index in [0.29, 0.717) is 43.6 Å². The average Bonchev–Trinajstić information content (AvgIpc) is 3.31. The van der Waals surface area contributed by atoms with Crippen molar-refractivity contribution in [2.45, 2.75) is 6.92 Å². The molecule has 3 aromatic rings. The summed E-state index contributed by atoms with van der Waals surface area (Å²) in [4.78, 5) is 16.3. The Bertz CT molecular complexity index is 866. The first-order valence-electron chi connectivity index (χ1n) is 8.04. The summed E-state index contributed by atoms with van der Waals surface area (Å²) in [6.07, 6.45) is 0. The molecule has 0 unspecified atom stereocenters. The number of nitrogens with zero attached hydrogens (tertiary/aromatic N) is 7. The lowest BCUT2D eigenvalue weighted by atomic mass is 10.2. The van der Waals surface area contributed by atoms with E-state index in [2.05, 4.69) is 25.6 Å². The van der Waals surface area contributed by atoms with Gasteiger partial charge in [0.1, 0.15) is 5.76 Å². The molecule has 0 saturated carbocycles. The van der Waals surface area contributed by atoms with Crippen molar-refractivity contribution in [2.24, 2.45) is 0 Å². The molecule has 1 aliphatic heterocycles. The van der Waals surface area contributed by atoms with Gasteiger partial charge in [0.2, 0.25) is 5.95 Å². The fourth-order valence-electron chi connectivity index (χ4n) is 2.85. The van der Waals surface area contributed by atoms with Crippen LogP contribution in [0.4, 0.5) is 5.95 Å². The predicted octanol–water partition coefficient (Wildman–Crippen LogP) is 0.921. The number of aryl methyl sites for hydroxylation is 1. The van der Waals surface area contributed by atoms with Crippen LogP contribution >= 0.6 is 0 Å². The molecule has 4 rings (SSSR count). The maximum atomic E-state index is 12.4. The molecule has 128 valence electrons. The number of carbonyl (C=O) groups excluding carboxylic acids is 1. The molecular formula is C16H17N7O2. The van der Waals surface area contributed by atoms with Crippen molar-refractivity contribution >= 4 is 11.9 Å². The molecule has 0 spiro atoms. The summed E-state index contributed by atoms with van der Waals surface area (Å²) in [5.74, 6) is 1.19. The third-order valence-electron chi connectivity index (χ3n) is 4.15. The standard InChI is InChI=1S/C16H17N7O2/c1-12-11-14(18-25-12)15(24)21-7-9-22(10-8-21)16-17-19-20-23(16)13-5-3-2-4-6-13/h2-6,11H,7-10H2,1H3. The maximum absolute atomic E-state index is 12.4. The highest BCUT2D eigenvalue weighted by Crippen LogP contribution is 2.17. The summed E-state index contributed by atoms with van der Waals surface area (Å²) in [5.41, 5.74) is 1.25. The Balaban J connectivity index is 1.46. The predicted molar refractivity (Wildman–Crippen MR) is 88.5 cm³/mol. The number of hydrogen-bond donors (Lipinski definition) is 0. The zero-order valence-electron chi connectivity index (χ0n) is 13.7. The summed E-state index contributed by atoms with van der Waals surface area (Å²) in [6, 6.07) is 11.4. The molecule has 0 bridgehead atoms. The molecule has 1 aliphatic rings. The minimum absolute atomic E-state index is 0.112. The van der Waals surface area contributed by atoms with E-state index in [0.717, 1.165) is 5.69 Å². The molecule has 0 atom stereocenters. The van der Waals surface area contributed by atoms with E-state index in [1.54, 1.807) is 22.6 Å². The van der Waals surface area contributed by atoms with Crippen LogP contribution in [0.5, 0.6) is 0 Å². The number of para-hydroxylation sites is 1. The molecule has 1 amide bonds. The topological polar surface area (TPSA) is 93.2 Å². The van der Waals surface area contributed by atoms with Crippen molar-refractivity contribution in [3.63, 3.8) is 0 Å². The Hall–Kier alpha value is -3.23. The molecule has 1 fully saturated rings. The van der Waals surface area contributed by atoms with E-state index in [9.17, 15) is 4.79 Å². The maximum Gasteiger partial charge on any atom is 0.276 e. The van der Waals surface area contributed by atoms with Gasteiger partial charge >= 0.3 is 0 Å². The van der Waals surface area contributed by atoms with E-state index in [1.807, 2.05) is 30.3 Å².